The van der Waals surface area contributed by atoms with Crippen molar-refractivity contribution < 1.29 is 31.8 Å². The zero-order valence-electron chi connectivity index (χ0n) is 29.2. The molecule has 20 heteroatoms. The Bertz CT molecular complexity index is 2620. The highest BCUT2D eigenvalue weighted by Crippen LogP contribution is 2.40. The number of azo groups is 1. The zero-order chi connectivity index (χ0) is 39.8. The molecule has 1 aliphatic rings. The van der Waals surface area contributed by atoms with Gasteiger partial charge in [-0.2, -0.15) is 10.2 Å². The second-order valence-corrected chi connectivity index (χ2v) is 16.8. The van der Waals surface area contributed by atoms with Crippen molar-refractivity contribution in [1.29, 1.82) is 0 Å². The molecule has 0 radical (unpaired) electrons. The number of nitrogens with zero attached hydrogens (tertiary/aromatic N) is 6. The number of benzene rings is 4. The van der Waals surface area contributed by atoms with Gasteiger partial charge in [0.15, 0.2) is 11.6 Å². The molecule has 1 aliphatic heterocycles. The van der Waals surface area contributed by atoms with Crippen LogP contribution in [0.1, 0.15) is 16.8 Å². The largest absolute Gasteiger partial charge is 0.506 e. The van der Waals surface area contributed by atoms with Crippen molar-refractivity contribution in [2.45, 2.75) is 30.6 Å². The van der Waals surface area contributed by atoms with Gasteiger partial charge in [0, 0.05) is 13.1 Å². The minimum atomic E-state index is -4.52. The van der Waals surface area contributed by atoms with Crippen molar-refractivity contribution in [3.63, 3.8) is 0 Å². The van der Waals surface area contributed by atoms with E-state index in [-0.39, 0.29) is 71.4 Å². The maximum atomic E-state index is 14.0. The summed E-state index contributed by atoms with van der Waals surface area (Å²) in [5.41, 5.74) is 2.22. The average molecular weight is 846 g/mol. The lowest BCUT2D eigenvalue weighted by Gasteiger charge is -2.30. The molecule has 0 saturated carbocycles. The molecule has 2 heterocycles. The second kappa shape index (κ2) is 15.6. The van der Waals surface area contributed by atoms with E-state index < -0.39 is 24.9 Å². The predicted molar refractivity (Wildman–Crippen MR) is 211 cm³/mol. The molecule has 0 aliphatic carbocycles. The first-order valence-electron chi connectivity index (χ1n) is 16.2. The molecule has 1 aromatic heterocycles. The maximum absolute atomic E-state index is 14.0. The van der Waals surface area contributed by atoms with Gasteiger partial charge in [-0.1, -0.05) is 34.8 Å². The molecule has 286 valence electrons. The Hall–Kier alpha value is -5.09. The minimum Gasteiger partial charge on any atom is -0.506 e. The molecule has 0 unspecified atom stereocenters. The van der Waals surface area contributed by atoms with Gasteiger partial charge in [0.25, 0.3) is 25.7 Å². The van der Waals surface area contributed by atoms with Crippen molar-refractivity contribution in [3.8, 4) is 17.2 Å². The number of aromatic hydroxyl groups is 2. The van der Waals surface area contributed by atoms with E-state index in [9.17, 15) is 27.0 Å². The number of phenols is 2. The molecule has 4 aromatic carbocycles. The summed E-state index contributed by atoms with van der Waals surface area (Å²) in [6.07, 6.45) is 0. The van der Waals surface area contributed by atoms with E-state index in [1.165, 1.54) is 65.3 Å². The molecule has 1 saturated heterocycles. The first-order valence-corrected chi connectivity index (χ1v) is 20.3. The normalized spacial score (nSPS) is 13.6. The molecule has 0 bridgehead atoms. The molecule has 0 amide bonds. The molecule has 55 heavy (non-hydrogen) atoms. The Balaban J connectivity index is 1.38. The number of ether oxygens (including phenoxy) is 1. The third kappa shape index (κ3) is 8.29. The Morgan fingerprint density at radius 1 is 0.818 bits per heavy atom. The van der Waals surface area contributed by atoms with E-state index in [0.29, 0.717) is 32.0 Å². The molecule has 4 N–H and O–H groups in total. The minimum absolute atomic E-state index is 0.0222. The van der Waals surface area contributed by atoms with Crippen LogP contribution in [0.3, 0.4) is 0 Å². The van der Waals surface area contributed by atoms with E-state index >= 15 is 0 Å². The van der Waals surface area contributed by atoms with Gasteiger partial charge >= 0.3 is 0 Å². The number of halogens is 3. The van der Waals surface area contributed by atoms with E-state index in [1.807, 2.05) is 0 Å². The summed E-state index contributed by atoms with van der Waals surface area (Å²) in [5.74, 6) is -0.670. The molecular formula is C35H31Cl3N8O7S2. The van der Waals surface area contributed by atoms with Crippen LogP contribution in [0.5, 0.6) is 11.5 Å². The van der Waals surface area contributed by atoms with Gasteiger partial charge in [-0.05, 0) is 92.6 Å². The highest BCUT2D eigenvalue weighted by atomic mass is 35.5. The Labute approximate surface area is 331 Å². The highest BCUT2D eigenvalue weighted by Gasteiger charge is 2.28. The van der Waals surface area contributed by atoms with E-state index in [4.69, 9.17) is 46.1 Å². The van der Waals surface area contributed by atoms with Crippen molar-refractivity contribution in [2.24, 2.45) is 10.2 Å². The number of rotatable bonds is 10. The summed E-state index contributed by atoms with van der Waals surface area (Å²) in [5, 5.41) is 32.8. The van der Waals surface area contributed by atoms with Gasteiger partial charge < -0.3 is 19.8 Å². The fourth-order valence-electron chi connectivity index (χ4n) is 5.60. The van der Waals surface area contributed by atoms with Gasteiger partial charge in [0.05, 0.1) is 69.0 Å². The van der Waals surface area contributed by atoms with Crippen LogP contribution in [0.15, 0.2) is 80.7 Å². The predicted octanol–water partition coefficient (Wildman–Crippen LogP) is 8.57. The lowest BCUT2D eigenvalue weighted by atomic mass is 10.1. The molecule has 0 spiro atoms. The van der Waals surface area contributed by atoms with Gasteiger partial charge in [-0.25, -0.2) is 26.4 Å². The van der Waals surface area contributed by atoms with Crippen molar-refractivity contribution >= 4 is 89.1 Å². The summed E-state index contributed by atoms with van der Waals surface area (Å²) in [6, 6.07) is 13.6. The van der Waals surface area contributed by atoms with Crippen molar-refractivity contribution in [3.05, 3.63) is 104 Å². The molecule has 15 nitrogen and oxygen atoms in total. The van der Waals surface area contributed by atoms with Crippen LogP contribution in [0.25, 0.3) is 10.5 Å². The maximum Gasteiger partial charge on any atom is 0.264 e. The van der Waals surface area contributed by atoms with E-state index in [0.717, 1.165) is 11.1 Å². The third-order valence-corrected chi connectivity index (χ3v) is 12.4. The highest BCUT2D eigenvalue weighted by molar-refractivity contribution is 7.93. The fraction of sp³-hybridized carbons (Fsp3) is 0.200. The monoisotopic (exact) mass is 844 g/mol. The topological polar surface area (TPSA) is 192 Å². The fourth-order valence-corrected chi connectivity index (χ4v) is 8.97. The number of sulfonamides is 2. The number of hydrogen-bond donors (Lipinski definition) is 4. The van der Waals surface area contributed by atoms with Gasteiger partial charge in [-0.3, -0.25) is 9.44 Å². The van der Waals surface area contributed by atoms with Crippen LogP contribution < -0.4 is 14.3 Å². The molecule has 0 atom stereocenters. The second-order valence-electron chi connectivity index (χ2n) is 12.3. The number of anilines is 3. The number of phenolic OH excluding ortho intramolecular Hbond substituents is 2. The lowest BCUT2D eigenvalue weighted by Crippen LogP contribution is -2.37. The summed E-state index contributed by atoms with van der Waals surface area (Å²) in [7, 11) is -8.94. The average Bonchev–Trinajstić information content (AvgIpc) is 3.46. The number of nitrogens with one attached hydrogen (secondary N) is 2. The summed E-state index contributed by atoms with van der Waals surface area (Å²) in [6.45, 7) is 14.3. The number of aryl methyl sites for hydroxylation is 3. The van der Waals surface area contributed by atoms with E-state index in [2.05, 4.69) is 29.6 Å². The standard InChI is InChI=1S/C35H31Cl3N8O7S2/c1-19-13-28(30(47)14-20(19)2)44-55(51,52)32-17-22(5-8-29(32)45-9-11-53-12-10-45)43-54(49,50)31-18-24(6-7-25(31)36)46-35(33(39-4)21(3)42-46)41-40-23-15-26(37)34(48)27(38)16-23/h5-8,13-18,43-44,47-48H,9-12H2,1-3H3. The molecule has 6 rings (SSSR count). The van der Waals surface area contributed by atoms with Gasteiger partial charge in [0.2, 0.25) is 0 Å². The van der Waals surface area contributed by atoms with Crippen LogP contribution in [-0.4, -0.2) is 63.1 Å². The first-order chi connectivity index (χ1) is 26.0. The zero-order valence-corrected chi connectivity index (χ0v) is 33.1. The Morgan fingerprint density at radius 2 is 1.47 bits per heavy atom. The SMILES string of the molecule is [C-]#[N+]c1c(C)nn(-c2ccc(Cl)c(S(=O)(=O)Nc3ccc(N4CCOCC4)c(S(=O)(=O)Nc4cc(C)c(C)cc4O)c3)c2)c1N=Nc1cc(Cl)c(O)c(Cl)c1. The number of morpholine rings is 1. The van der Waals surface area contributed by atoms with Crippen LogP contribution in [-0.2, 0) is 24.8 Å². The van der Waals surface area contributed by atoms with Crippen LogP contribution in [0.2, 0.25) is 15.1 Å². The summed E-state index contributed by atoms with van der Waals surface area (Å²) >= 11 is 18.5. The van der Waals surface area contributed by atoms with Crippen molar-refractivity contribution in [2.75, 3.05) is 40.6 Å². The molecule has 1 fully saturated rings. The summed E-state index contributed by atoms with van der Waals surface area (Å²) in [4.78, 5) is 4.67. The van der Waals surface area contributed by atoms with Crippen LogP contribution >= 0.6 is 34.8 Å². The van der Waals surface area contributed by atoms with Crippen LogP contribution in [0, 0.1) is 27.3 Å². The Morgan fingerprint density at radius 3 is 2.15 bits per heavy atom. The quantitative estimate of drug-likeness (QED) is 0.0606. The number of hydrogen-bond acceptors (Lipinski definition) is 11. The van der Waals surface area contributed by atoms with Gasteiger partial charge in [0.1, 0.15) is 15.5 Å². The van der Waals surface area contributed by atoms with E-state index in [1.54, 1.807) is 25.7 Å². The molecular weight excluding hydrogens is 815 g/mol. The Kier molecular flexibility index (Phi) is 11.2. The molecule has 5 aromatic rings. The lowest BCUT2D eigenvalue weighted by molar-refractivity contribution is 0.122. The van der Waals surface area contributed by atoms with Gasteiger partial charge in [-0.15, -0.1) is 5.11 Å². The summed E-state index contributed by atoms with van der Waals surface area (Å²) < 4.78 is 67.5. The van der Waals surface area contributed by atoms with Crippen molar-refractivity contribution in [1.82, 2.24) is 9.78 Å². The third-order valence-electron chi connectivity index (χ3n) is 8.54. The number of aromatic nitrogens is 2. The smallest absolute Gasteiger partial charge is 0.264 e. The first kappa shape index (κ1) is 39.6. The van der Waals surface area contributed by atoms with Crippen LogP contribution in [0.4, 0.5) is 34.3 Å².